The fraction of sp³-hybridized carbons (Fsp3) is 0.467. The van der Waals surface area contributed by atoms with Gasteiger partial charge in [-0.25, -0.2) is 4.79 Å². The highest BCUT2D eigenvalue weighted by Crippen LogP contribution is 2.29. The average molecular weight is 641 g/mol. The van der Waals surface area contributed by atoms with Gasteiger partial charge in [0.1, 0.15) is 11.6 Å². The van der Waals surface area contributed by atoms with Gasteiger partial charge in [0, 0.05) is 34.6 Å². The number of amides is 3. The van der Waals surface area contributed by atoms with Crippen LogP contribution in [0.5, 0.6) is 0 Å². The Morgan fingerprint density at radius 1 is 1.07 bits per heavy atom. The van der Waals surface area contributed by atoms with E-state index < -0.39 is 17.7 Å². The highest BCUT2D eigenvalue weighted by atomic mass is 79.9. The summed E-state index contributed by atoms with van der Waals surface area (Å²) in [6.07, 6.45) is 2.91. The van der Waals surface area contributed by atoms with Crippen molar-refractivity contribution >= 4 is 39.5 Å². The summed E-state index contributed by atoms with van der Waals surface area (Å²) in [5.74, 6) is 0.103. The SMILES string of the molecule is Cc1ccc(CC(NC(=O)C2CCC(CNC(=O)OC(C)(C)C)CC2)C(=O)Nc2ccc(-c3nn[nH]n3)cc2)cc1Br. The number of hydrogen-bond donors (Lipinski definition) is 4. The van der Waals surface area contributed by atoms with E-state index in [-0.39, 0.29) is 23.7 Å². The van der Waals surface area contributed by atoms with E-state index >= 15 is 0 Å². The van der Waals surface area contributed by atoms with E-state index in [1.165, 1.54) is 0 Å². The second kappa shape index (κ2) is 13.9. The minimum atomic E-state index is -0.768. The zero-order chi connectivity index (χ0) is 30.3. The number of aryl methyl sites for hydroxylation is 1. The first-order valence-corrected chi connectivity index (χ1v) is 14.9. The zero-order valence-corrected chi connectivity index (χ0v) is 26.0. The van der Waals surface area contributed by atoms with Gasteiger partial charge in [-0.3, -0.25) is 9.59 Å². The molecule has 3 amide bonds. The van der Waals surface area contributed by atoms with Crippen molar-refractivity contribution in [1.29, 1.82) is 0 Å². The van der Waals surface area contributed by atoms with Crippen molar-refractivity contribution in [3.8, 4) is 11.4 Å². The standard InChI is InChI=1S/C30H38BrN7O4/c1-18-5-6-20(15-24(18)31)16-25(28(40)33-23-13-11-21(12-14-23)26-35-37-38-36-26)34-27(39)22-9-7-19(8-10-22)17-32-29(41)42-30(2,3)4/h5-6,11-15,19,22,25H,7-10,16-17H2,1-4H3,(H,32,41)(H,33,40)(H,34,39)(H,35,36,37,38). The van der Waals surface area contributed by atoms with Crippen LogP contribution in [0.4, 0.5) is 10.5 Å². The highest BCUT2D eigenvalue weighted by molar-refractivity contribution is 9.10. The second-order valence-corrected chi connectivity index (χ2v) is 12.6. The number of ether oxygens (including phenoxy) is 1. The fourth-order valence-corrected chi connectivity index (χ4v) is 5.31. The number of carbonyl (C=O) groups excluding carboxylic acids is 3. The predicted molar refractivity (Wildman–Crippen MR) is 162 cm³/mol. The third kappa shape index (κ3) is 9.10. The third-order valence-electron chi connectivity index (χ3n) is 7.22. The minimum Gasteiger partial charge on any atom is -0.444 e. The molecule has 1 aliphatic carbocycles. The lowest BCUT2D eigenvalue weighted by Crippen LogP contribution is -2.48. The number of nitrogens with zero attached hydrogens (tertiary/aromatic N) is 3. The summed E-state index contributed by atoms with van der Waals surface area (Å²) in [7, 11) is 0. The lowest BCUT2D eigenvalue weighted by atomic mass is 9.81. The molecule has 1 aromatic heterocycles. The van der Waals surface area contributed by atoms with Gasteiger partial charge in [-0.1, -0.05) is 28.1 Å². The van der Waals surface area contributed by atoms with Crippen molar-refractivity contribution in [2.45, 2.75) is 71.4 Å². The average Bonchev–Trinajstić information content (AvgIpc) is 3.48. The van der Waals surface area contributed by atoms with E-state index in [4.69, 9.17) is 4.74 Å². The van der Waals surface area contributed by atoms with Crippen molar-refractivity contribution in [3.63, 3.8) is 0 Å². The summed E-state index contributed by atoms with van der Waals surface area (Å²) in [6, 6.07) is 12.3. The molecule has 4 N–H and O–H groups in total. The van der Waals surface area contributed by atoms with Crippen LogP contribution in [0.15, 0.2) is 46.9 Å². The molecular formula is C30H38BrN7O4. The lowest BCUT2D eigenvalue weighted by molar-refractivity contribution is -0.130. The van der Waals surface area contributed by atoms with Crippen molar-refractivity contribution in [2.75, 3.05) is 11.9 Å². The highest BCUT2D eigenvalue weighted by Gasteiger charge is 2.30. The summed E-state index contributed by atoms with van der Waals surface area (Å²) in [6.45, 7) is 8.00. The van der Waals surface area contributed by atoms with Crippen LogP contribution in [0.25, 0.3) is 11.4 Å². The molecule has 1 fully saturated rings. The number of aromatic amines is 1. The van der Waals surface area contributed by atoms with Gasteiger partial charge >= 0.3 is 6.09 Å². The number of nitrogens with one attached hydrogen (secondary N) is 4. The second-order valence-electron chi connectivity index (χ2n) is 11.8. The Balaban J connectivity index is 1.37. The van der Waals surface area contributed by atoms with Crippen LogP contribution in [0.1, 0.15) is 57.6 Å². The topological polar surface area (TPSA) is 151 Å². The Morgan fingerprint density at radius 3 is 2.40 bits per heavy atom. The summed E-state index contributed by atoms with van der Waals surface area (Å²) in [5, 5.41) is 22.7. The van der Waals surface area contributed by atoms with Gasteiger partial charge in [-0.05, 0) is 106 Å². The van der Waals surface area contributed by atoms with E-state index in [1.807, 2.05) is 45.9 Å². The molecule has 0 spiro atoms. The number of halogens is 1. The normalized spacial score (nSPS) is 17.6. The molecule has 1 saturated carbocycles. The number of aromatic nitrogens is 4. The molecule has 4 rings (SSSR count). The van der Waals surface area contributed by atoms with Crippen molar-refractivity contribution in [3.05, 3.63) is 58.1 Å². The number of carbonyl (C=O) groups is 3. The van der Waals surface area contributed by atoms with E-state index in [9.17, 15) is 14.4 Å². The van der Waals surface area contributed by atoms with E-state index in [0.29, 0.717) is 37.3 Å². The number of alkyl carbamates (subject to hydrolysis) is 1. The molecule has 0 aliphatic heterocycles. The molecule has 0 bridgehead atoms. The Kier molecular flexibility index (Phi) is 10.3. The quantitative estimate of drug-likeness (QED) is 0.259. The molecule has 12 heteroatoms. The number of H-pyrrole nitrogens is 1. The number of benzene rings is 2. The molecule has 2 aromatic carbocycles. The van der Waals surface area contributed by atoms with Crippen LogP contribution in [0, 0.1) is 18.8 Å². The van der Waals surface area contributed by atoms with Gasteiger partial charge in [0.15, 0.2) is 0 Å². The first-order valence-electron chi connectivity index (χ1n) is 14.1. The van der Waals surface area contributed by atoms with E-state index in [1.54, 1.807) is 24.3 Å². The van der Waals surface area contributed by atoms with Crippen LogP contribution in [-0.2, 0) is 20.7 Å². The van der Waals surface area contributed by atoms with Gasteiger partial charge in [-0.15, -0.1) is 10.2 Å². The summed E-state index contributed by atoms with van der Waals surface area (Å²) in [5.41, 5.74) is 2.82. The zero-order valence-electron chi connectivity index (χ0n) is 24.4. The molecule has 3 aromatic rings. The van der Waals surface area contributed by atoms with Gasteiger partial charge in [-0.2, -0.15) is 5.21 Å². The molecule has 0 saturated heterocycles. The molecule has 1 atom stereocenters. The van der Waals surface area contributed by atoms with Crippen molar-refractivity contribution < 1.29 is 19.1 Å². The van der Waals surface area contributed by atoms with Crippen molar-refractivity contribution in [1.82, 2.24) is 31.3 Å². The molecule has 0 radical (unpaired) electrons. The Morgan fingerprint density at radius 2 is 1.79 bits per heavy atom. The van der Waals surface area contributed by atoms with Crippen LogP contribution < -0.4 is 16.0 Å². The number of tetrazole rings is 1. The summed E-state index contributed by atoms with van der Waals surface area (Å²) < 4.78 is 6.26. The van der Waals surface area contributed by atoms with Crippen LogP contribution >= 0.6 is 15.9 Å². The monoisotopic (exact) mass is 639 g/mol. The summed E-state index contributed by atoms with van der Waals surface area (Å²) in [4.78, 5) is 38.8. The molecule has 42 heavy (non-hydrogen) atoms. The van der Waals surface area contributed by atoms with Gasteiger partial charge in [0.05, 0.1) is 0 Å². The van der Waals surface area contributed by atoms with Crippen LogP contribution in [-0.4, -0.2) is 56.7 Å². The fourth-order valence-electron chi connectivity index (χ4n) is 4.88. The predicted octanol–water partition coefficient (Wildman–Crippen LogP) is 4.93. The van der Waals surface area contributed by atoms with Gasteiger partial charge < -0.3 is 20.7 Å². The first kappa shape index (κ1) is 31.1. The minimum absolute atomic E-state index is 0.132. The molecule has 1 heterocycles. The molecular weight excluding hydrogens is 602 g/mol. The molecule has 1 unspecified atom stereocenters. The maximum Gasteiger partial charge on any atom is 0.407 e. The molecule has 11 nitrogen and oxygen atoms in total. The number of anilines is 1. The third-order valence-corrected chi connectivity index (χ3v) is 8.07. The van der Waals surface area contributed by atoms with Gasteiger partial charge in [0.25, 0.3) is 0 Å². The Hall–Kier alpha value is -3.80. The first-order chi connectivity index (χ1) is 20.0. The van der Waals surface area contributed by atoms with Crippen LogP contribution in [0.3, 0.4) is 0 Å². The van der Waals surface area contributed by atoms with Crippen molar-refractivity contribution in [2.24, 2.45) is 11.8 Å². The van der Waals surface area contributed by atoms with Crippen LogP contribution in [0.2, 0.25) is 0 Å². The molecule has 1 aliphatic rings. The maximum absolute atomic E-state index is 13.5. The van der Waals surface area contributed by atoms with Gasteiger partial charge in [0.2, 0.25) is 17.6 Å². The van der Waals surface area contributed by atoms with E-state index in [0.717, 1.165) is 34.0 Å². The Labute approximate surface area is 254 Å². The number of hydrogen-bond acceptors (Lipinski definition) is 7. The lowest BCUT2D eigenvalue weighted by Gasteiger charge is -2.29. The van der Waals surface area contributed by atoms with E-state index in [2.05, 4.69) is 52.5 Å². The summed E-state index contributed by atoms with van der Waals surface area (Å²) >= 11 is 3.57. The smallest absolute Gasteiger partial charge is 0.407 e. The largest absolute Gasteiger partial charge is 0.444 e. The number of rotatable bonds is 9. The maximum atomic E-state index is 13.5. The molecule has 224 valence electrons. The Bertz CT molecular complexity index is 1370.